The van der Waals surface area contributed by atoms with E-state index in [4.69, 9.17) is 14.1 Å². The highest BCUT2D eigenvalue weighted by atomic mass is 28.4. The Balaban J connectivity index is 1.76. The summed E-state index contributed by atoms with van der Waals surface area (Å²) in [4.78, 5) is 26.6. The van der Waals surface area contributed by atoms with E-state index in [0.29, 0.717) is 42.6 Å². The van der Waals surface area contributed by atoms with Gasteiger partial charge in [-0.2, -0.15) is 10.4 Å². The van der Waals surface area contributed by atoms with Crippen molar-refractivity contribution < 1.29 is 14.0 Å². The number of carbonyl (C=O) groups excluding carboxylic acids is 1. The molecule has 1 aliphatic heterocycles. The number of aryl methyl sites for hydroxylation is 1. The fourth-order valence-corrected chi connectivity index (χ4v) is 6.20. The van der Waals surface area contributed by atoms with Gasteiger partial charge in [-0.3, -0.25) is 4.90 Å². The molecule has 1 N–H and O–H groups in total. The van der Waals surface area contributed by atoms with Crippen molar-refractivity contribution in [3.05, 3.63) is 47.3 Å². The molecule has 1 unspecified atom stereocenters. The predicted octanol–water partition coefficient (Wildman–Crippen LogP) is 6.86. The van der Waals surface area contributed by atoms with E-state index in [1.807, 2.05) is 64.7 Å². The number of fused-ring (bicyclic) bond motifs is 1. The SMILES string of the molecule is Cc1cc(Nc2nccc(-c3cc(C#N)c4c(c3)C(C)(CO[Si](C)(C)C(C)(C)C)CN4C(=O)OC(C)(C)C)n2)n(CCN(C)C)n1. The number of hydrogen-bond donors (Lipinski definition) is 1. The molecule has 0 bridgehead atoms. The number of anilines is 3. The lowest BCUT2D eigenvalue weighted by Gasteiger charge is -2.39. The van der Waals surface area contributed by atoms with Gasteiger partial charge in [-0.25, -0.2) is 19.4 Å². The van der Waals surface area contributed by atoms with Gasteiger partial charge < -0.3 is 19.4 Å². The van der Waals surface area contributed by atoms with Crippen LogP contribution in [0.2, 0.25) is 18.1 Å². The normalized spacial score (nSPS) is 16.8. The van der Waals surface area contributed by atoms with Crippen molar-refractivity contribution in [2.24, 2.45) is 0 Å². The van der Waals surface area contributed by atoms with Gasteiger partial charge in [0.05, 0.1) is 29.2 Å². The average Bonchev–Trinajstić information content (AvgIpc) is 3.45. The Hall–Kier alpha value is -3.79. The van der Waals surface area contributed by atoms with Crippen LogP contribution in [0.1, 0.15) is 65.3 Å². The summed E-state index contributed by atoms with van der Waals surface area (Å²) in [6, 6.07) is 9.96. The Morgan fingerprint density at radius 1 is 1.17 bits per heavy atom. The standard InChI is InChI=1S/C34H50N8O3Si/c1-23-17-28(42(39-23)16-15-40(9)10)38-30-36-14-13-27(37-30)24-18-25(20-35)29-26(19-24)34(8,22-44-46(11,12)33(5,6)7)21-41(29)31(43)45-32(2,3)4/h13-14,17-19H,15-16,21-22H2,1-12H3,(H,36,37,38). The van der Waals surface area contributed by atoms with Crippen LogP contribution in [0.15, 0.2) is 30.5 Å². The van der Waals surface area contributed by atoms with E-state index >= 15 is 0 Å². The highest BCUT2D eigenvalue weighted by Crippen LogP contribution is 2.47. The molecule has 4 rings (SSSR count). The van der Waals surface area contributed by atoms with Crippen LogP contribution in [0.5, 0.6) is 0 Å². The Morgan fingerprint density at radius 2 is 1.87 bits per heavy atom. The first kappa shape index (κ1) is 35.1. The number of likely N-dealkylation sites (N-methyl/N-ethyl adjacent to an activating group) is 1. The van der Waals surface area contributed by atoms with Crippen LogP contribution in [0.4, 0.5) is 22.2 Å². The molecule has 1 amide bonds. The van der Waals surface area contributed by atoms with Crippen LogP contribution >= 0.6 is 0 Å². The number of ether oxygens (including phenoxy) is 1. The predicted molar refractivity (Wildman–Crippen MR) is 185 cm³/mol. The number of nitrogens with zero attached hydrogens (tertiary/aromatic N) is 7. The molecule has 11 nitrogen and oxygen atoms in total. The van der Waals surface area contributed by atoms with Gasteiger partial charge in [0.25, 0.3) is 0 Å². The Bertz CT molecular complexity index is 1630. The largest absolute Gasteiger partial charge is 0.443 e. The molecule has 0 radical (unpaired) electrons. The number of hydrogen-bond acceptors (Lipinski definition) is 9. The van der Waals surface area contributed by atoms with E-state index < -0.39 is 25.4 Å². The van der Waals surface area contributed by atoms with Crippen LogP contribution < -0.4 is 10.2 Å². The highest BCUT2D eigenvalue weighted by Gasteiger charge is 2.47. The second-order valence-electron chi connectivity index (χ2n) is 15.3. The van der Waals surface area contributed by atoms with Crippen LogP contribution in [-0.2, 0) is 21.1 Å². The van der Waals surface area contributed by atoms with Gasteiger partial charge in [0.1, 0.15) is 17.5 Å². The lowest BCUT2D eigenvalue weighted by Crippen LogP contribution is -2.46. The summed E-state index contributed by atoms with van der Waals surface area (Å²) in [5, 5.41) is 18.4. The second-order valence-corrected chi connectivity index (χ2v) is 20.1. The van der Waals surface area contributed by atoms with E-state index in [1.54, 1.807) is 17.2 Å². The van der Waals surface area contributed by atoms with Crippen molar-refractivity contribution in [1.29, 1.82) is 5.26 Å². The summed E-state index contributed by atoms with van der Waals surface area (Å²) < 4.78 is 14.5. The molecule has 2 aromatic heterocycles. The molecular formula is C34H50N8O3Si. The zero-order valence-corrected chi connectivity index (χ0v) is 30.6. The van der Waals surface area contributed by atoms with Crippen molar-refractivity contribution >= 4 is 31.9 Å². The van der Waals surface area contributed by atoms with Gasteiger partial charge >= 0.3 is 6.09 Å². The molecule has 1 atom stereocenters. The molecule has 1 aliphatic rings. The number of amides is 1. The molecule has 0 fully saturated rings. The number of aromatic nitrogens is 4. The van der Waals surface area contributed by atoms with E-state index in [9.17, 15) is 10.1 Å². The smallest absolute Gasteiger partial charge is 0.414 e. The summed E-state index contributed by atoms with van der Waals surface area (Å²) in [5.74, 6) is 1.22. The quantitative estimate of drug-likeness (QED) is 0.249. The molecule has 3 aromatic rings. The van der Waals surface area contributed by atoms with Gasteiger partial charge in [0.15, 0.2) is 8.32 Å². The highest BCUT2D eigenvalue weighted by molar-refractivity contribution is 6.74. The summed E-state index contributed by atoms with van der Waals surface area (Å²) in [6.45, 7) is 22.9. The minimum Gasteiger partial charge on any atom is -0.443 e. The maximum absolute atomic E-state index is 13.5. The third-order valence-corrected chi connectivity index (χ3v) is 13.2. The molecule has 12 heteroatoms. The van der Waals surface area contributed by atoms with Gasteiger partial charge in [0.2, 0.25) is 5.95 Å². The number of nitrogens with one attached hydrogen (secondary N) is 1. The lowest BCUT2D eigenvalue weighted by molar-refractivity contribution is 0.0575. The minimum atomic E-state index is -2.13. The lowest BCUT2D eigenvalue weighted by atomic mass is 9.83. The van der Waals surface area contributed by atoms with Gasteiger partial charge in [0, 0.05) is 42.9 Å². The van der Waals surface area contributed by atoms with Crippen molar-refractivity contribution in [3.63, 3.8) is 0 Å². The first-order chi connectivity index (χ1) is 21.2. The maximum Gasteiger partial charge on any atom is 0.414 e. The van der Waals surface area contributed by atoms with Crippen molar-refractivity contribution in [3.8, 4) is 17.3 Å². The average molecular weight is 647 g/mol. The van der Waals surface area contributed by atoms with Crippen LogP contribution in [0, 0.1) is 18.3 Å². The van der Waals surface area contributed by atoms with Crippen LogP contribution in [0.25, 0.3) is 11.3 Å². The van der Waals surface area contributed by atoms with Gasteiger partial charge in [-0.15, -0.1) is 0 Å². The fraction of sp³-hybridized carbons (Fsp3) is 0.559. The van der Waals surface area contributed by atoms with Crippen LogP contribution in [-0.4, -0.2) is 78.5 Å². The third kappa shape index (κ3) is 7.77. The first-order valence-electron chi connectivity index (χ1n) is 15.8. The maximum atomic E-state index is 13.5. The Labute approximate surface area is 275 Å². The molecule has 3 heterocycles. The Kier molecular flexibility index (Phi) is 9.74. The zero-order chi connectivity index (χ0) is 34.2. The molecule has 248 valence electrons. The number of carbonyl (C=O) groups is 1. The molecule has 46 heavy (non-hydrogen) atoms. The van der Waals surface area contributed by atoms with Crippen molar-refractivity contribution in [2.75, 3.05) is 44.0 Å². The summed E-state index contributed by atoms with van der Waals surface area (Å²) in [7, 11) is 1.93. The monoisotopic (exact) mass is 646 g/mol. The first-order valence-corrected chi connectivity index (χ1v) is 18.7. The summed E-state index contributed by atoms with van der Waals surface area (Å²) in [6.07, 6.45) is 1.22. The van der Waals surface area contributed by atoms with E-state index in [2.05, 4.69) is 67.2 Å². The second kappa shape index (κ2) is 12.8. The zero-order valence-electron chi connectivity index (χ0n) is 29.6. The molecule has 0 saturated heterocycles. The molecular weight excluding hydrogens is 597 g/mol. The summed E-state index contributed by atoms with van der Waals surface area (Å²) >= 11 is 0. The fourth-order valence-electron chi connectivity index (χ4n) is 5.09. The number of rotatable bonds is 9. The summed E-state index contributed by atoms with van der Waals surface area (Å²) in [5.41, 5.74) is 2.81. The van der Waals surface area contributed by atoms with Crippen LogP contribution in [0.3, 0.4) is 0 Å². The third-order valence-electron chi connectivity index (χ3n) is 8.68. The molecule has 0 spiro atoms. The molecule has 1 aromatic carbocycles. The Morgan fingerprint density at radius 3 is 2.48 bits per heavy atom. The molecule has 0 aliphatic carbocycles. The van der Waals surface area contributed by atoms with Gasteiger partial charge in [-0.1, -0.05) is 27.7 Å². The van der Waals surface area contributed by atoms with E-state index in [0.717, 1.165) is 29.2 Å². The van der Waals surface area contributed by atoms with Crippen molar-refractivity contribution in [1.82, 2.24) is 24.6 Å². The number of nitriles is 1. The van der Waals surface area contributed by atoms with E-state index in [1.165, 1.54) is 0 Å². The number of benzene rings is 1. The molecule has 0 saturated carbocycles. The van der Waals surface area contributed by atoms with Crippen molar-refractivity contribution in [2.45, 2.75) is 91.1 Å². The van der Waals surface area contributed by atoms with E-state index in [-0.39, 0.29) is 5.04 Å². The minimum absolute atomic E-state index is 0.0139. The topological polar surface area (TPSA) is 121 Å². The van der Waals surface area contributed by atoms with Gasteiger partial charge in [-0.05, 0) is 83.7 Å².